The summed E-state index contributed by atoms with van der Waals surface area (Å²) in [5.41, 5.74) is 10.2. The standard InChI is InChI=1S/C14H12N/c15-14-10-8-13(9-11-14)7-6-12-4-2-1-3-5-12/h1-11,15H/b7-6+. The molecule has 0 atom stereocenters. The normalized spacial score (nSPS) is 10.7. The predicted molar refractivity (Wildman–Crippen MR) is 64.6 cm³/mol. The summed E-state index contributed by atoms with van der Waals surface area (Å²) in [7, 11) is 0. The van der Waals surface area contributed by atoms with Crippen molar-refractivity contribution in [3.05, 3.63) is 65.7 Å². The fraction of sp³-hybridized carbons (Fsp3) is 0. The van der Waals surface area contributed by atoms with Gasteiger partial charge in [-0.15, -0.1) is 0 Å². The molecule has 1 radical (unpaired) electrons. The zero-order valence-corrected chi connectivity index (χ0v) is 8.35. The van der Waals surface area contributed by atoms with E-state index in [0.29, 0.717) is 5.69 Å². The first kappa shape index (κ1) is 9.53. The zero-order valence-electron chi connectivity index (χ0n) is 8.35. The molecule has 0 aliphatic rings. The van der Waals surface area contributed by atoms with Crippen LogP contribution in [0, 0.1) is 0 Å². The molecule has 0 unspecified atom stereocenters. The maximum Gasteiger partial charge on any atom is 0.0540 e. The van der Waals surface area contributed by atoms with Gasteiger partial charge in [0, 0.05) is 0 Å². The Morgan fingerprint density at radius 2 is 1.20 bits per heavy atom. The Labute approximate surface area is 89.9 Å². The second-order valence-electron chi connectivity index (χ2n) is 3.37. The summed E-state index contributed by atoms with van der Waals surface area (Å²) in [6.07, 6.45) is 4.12. The van der Waals surface area contributed by atoms with E-state index in [4.69, 9.17) is 5.73 Å². The second kappa shape index (κ2) is 4.47. The van der Waals surface area contributed by atoms with E-state index >= 15 is 0 Å². The van der Waals surface area contributed by atoms with Gasteiger partial charge in [0.25, 0.3) is 0 Å². The Morgan fingerprint density at radius 3 is 1.80 bits per heavy atom. The van der Waals surface area contributed by atoms with E-state index < -0.39 is 0 Å². The average Bonchev–Trinajstić information content (AvgIpc) is 2.30. The van der Waals surface area contributed by atoms with Gasteiger partial charge in [-0.2, -0.15) is 0 Å². The van der Waals surface area contributed by atoms with Gasteiger partial charge in [0.05, 0.1) is 5.69 Å². The molecule has 0 heterocycles. The Morgan fingerprint density at radius 1 is 0.667 bits per heavy atom. The summed E-state index contributed by atoms with van der Waals surface area (Å²) < 4.78 is 0. The zero-order chi connectivity index (χ0) is 10.5. The van der Waals surface area contributed by atoms with Crippen LogP contribution < -0.4 is 5.73 Å². The van der Waals surface area contributed by atoms with Crippen molar-refractivity contribution in [1.82, 2.24) is 5.73 Å². The Balaban J connectivity index is 2.15. The second-order valence-corrected chi connectivity index (χ2v) is 3.37. The van der Waals surface area contributed by atoms with Crippen LogP contribution in [0.4, 0.5) is 5.69 Å². The third kappa shape index (κ3) is 2.71. The van der Waals surface area contributed by atoms with Crippen LogP contribution in [0.3, 0.4) is 0 Å². The van der Waals surface area contributed by atoms with Crippen LogP contribution >= 0.6 is 0 Å². The molecule has 0 fully saturated rings. The van der Waals surface area contributed by atoms with E-state index in [1.807, 2.05) is 30.3 Å². The third-order valence-corrected chi connectivity index (χ3v) is 2.18. The SMILES string of the molecule is [NH]c1ccc(/C=C/c2ccccc2)cc1. The molecule has 0 saturated carbocycles. The first-order valence-corrected chi connectivity index (χ1v) is 4.89. The van der Waals surface area contributed by atoms with E-state index in [2.05, 4.69) is 24.3 Å². The Bertz CT molecular complexity index is 441. The molecule has 2 aromatic carbocycles. The molecule has 1 heteroatoms. The maximum absolute atomic E-state index is 7.36. The average molecular weight is 194 g/mol. The minimum absolute atomic E-state index is 0.548. The first-order chi connectivity index (χ1) is 7.34. The number of benzene rings is 2. The van der Waals surface area contributed by atoms with Crippen molar-refractivity contribution >= 4 is 17.8 Å². The van der Waals surface area contributed by atoms with Crippen molar-refractivity contribution in [2.45, 2.75) is 0 Å². The minimum atomic E-state index is 0.548. The van der Waals surface area contributed by atoms with E-state index in [-0.39, 0.29) is 0 Å². The molecule has 0 bridgehead atoms. The lowest BCUT2D eigenvalue weighted by Gasteiger charge is -1.94. The maximum atomic E-state index is 7.36. The highest BCUT2D eigenvalue weighted by Crippen LogP contribution is 2.10. The van der Waals surface area contributed by atoms with Gasteiger partial charge in [0.2, 0.25) is 0 Å². The molecular weight excluding hydrogens is 182 g/mol. The van der Waals surface area contributed by atoms with Gasteiger partial charge in [-0.25, -0.2) is 0 Å². The molecule has 73 valence electrons. The summed E-state index contributed by atoms with van der Waals surface area (Å²) >= 11 is 0. The number of hydrogen-bond donors (Lipinski definition) is 0. The van der Waals surface area contributed by atoms with Gasteiger partial charge in [-0.1, -0.05) is 54.6 Å². The van der Waals surface area contributed by atoms with E-state index in [1.54, 1.807) is 12.1 Å². The molecule has 0 spiro atoms. The highest BCUT2D eigenvalue weighted by atomic mass is 14.5. The highest BCUT2D eigenvalue weighted by Gasteiger charge is 1.87. The summed E-state index contributed by atoms with van der Waals surface area (Å²) in [5, 5.41) is 0. The molecule has 15 heavy (non-hydrogen) atoms. The van der Waals surface area contributed by atoms with Crippen LogP contribution in [-0.2, 0) is 0 Å². The van der Waals surface area contributed by atoms with Crippen LogP contribution in [0.15, 0.2) is 54.6 Å². The monoisotopic (exact) mass is 194 g/mol. The van der Waals surface area contributed by atoms with Crippen LogP contribution in [-0.4, -0.2) is 0 Å². The van der Waals surface area contributed by atoms with E-state index in [0.717, 1.165) is 5.56 Å². The van der Waals surface area contributed by atoms with Crippen molar-refractivity contribution < 1.29 is 0 Å². The van der Waals surface area contributed by atoms with Crippen LogP contribution in [0.1, 0.15) is 11.1 Å². The molecule has 2 rings (SSSR count). The summed E-state index contributed by atoms with van der Waals surface area (Å²) in [6.45, 7) is 0. The quantitative estimate of drug-likeness (QED) is 0.650. The smallest absolute Gasteiger partial charge is 0.0540 e. The lowest BCUT2D eigenvalue weighted by atomic mass is 10.1. The van der Waals surface area contributed by atoms with Crippen molar-refractivity contribution in [3.8, 4) is 0 Å². The molecule has 0 amide bonds. The topological polar surface area (TPSA) is 23.8 Å². The molecule has 2 aromatic rings. The molecule has 0 aromatic heterocycles. The van der Waals surface area contributed by atoms with E-state index in [1.165, 1.54) is 5.56 Å². The number of rotatable bonds is 2. The van der Waals surface area contributed by atoms with Gasteiger partial charge in [-0.05, 0) is 23.3 Å². The molecule has 0 aliphatic heterocycles. The lowest BCUT2D eigenvalue weighted by Crippen LogP contribution is -1.73. The van der Waals surface area contributed by atoms with Crippen molar-refractivity contribution in [3.63, 3.8) is 0 Å². The lowest BCUT2D eigenvalue weighted by molar-refractivity contribution is 1.48. The first-order valence-electron chi connectivity index (χ1n) is 4.89. The van der Waals surface area contributed by atoms with E-state index in [9.17, 15) is 0 Å². The highest BCUT2D eigenvalue weighted by molar-refractivity contribution is 5.69. The molecular formula is C14H12N. The van der Waals surface area contributed by atoms with Crippen molar-refractivity contribution in [2.75, 3.05) is 0 Å². The van der Waals surface area contributed by atoms with Gasteiger partial charge in [-0.3, -0.25) is 0 Å². The van der Waals surface area contributed by atoms with Crippen LogP contribution in [0.25, 0.3) is 12.2 Å². The third-order valence-electron chi connectivity index (χ3n) is 2.18. The Hall–Kier alpha value is -2.02. The van der Waals surface area contributed by atoms with Gasteiger partial charge in [0.1, 0.15) is 0 Å². The minimum Gasteiger partial charge on any atom is -0.301 e. The van der Waals surface area contributed by atoms with Crippen LogP contribution in [0.5, 0.6) is 0 Å². The molecule has 0 saturated heterocycles. The predicted octanol–water partition coefficient (Wildman–Crippen LogP) is 3.77. The molecule has 1 nitrogen and oxygen atoms in total. The van der Waals surface area contributed by atoms with Gasteiger partial charge >= 0.3 is 0 Å². The van der Waals surface area contributed by atoms with Gasteiger partial charge < -0.3 is 5.73 Å². The number of nitrogens with one attached hydrogen (secondary N) is 1. The fourth-order valence-electron chi connectivity index (χ4n) is 1.35. The Kier molecular flexibility index (Phi) is 2.84. The van der Waals surface area contributed by atoms with Crippen molar-refractivity contribution in [2.24, 2.45) is 0 Å². The summed E-state index contributed by atoms with van der Waals surface area (Å²) in [4.78, 5) is 0. The summed E-state index contributed by atoms with van der Waals surface area (Å²) in [5.74, 6) is 0. The molecule has 0 aliphatic carbocycles. The molecule has 1 N–H and O–H groups in total. The van der Waals surface area contributed by atoms with Crippen LogP contribution in [0.2, 0.25) is 0 Å². The fourth-order valence-corrected chi connectivity index (χ4v) is 1.35. The van der Waals surface area contributed by atoms with Crippen molar-refractivity contribution in [1.29, 1.82) is 0 Å². The van der Waals surface area contributed by atoms with Gasteiger partial charge in [0.15, 0.2) is 0 Å². The largest absolute Gasteiger partial charge is 0.301 e. The summed E-state index contributed by atoms with van der Waals surface area (Å²) in [6, 6.07) is 17.7. The number of hydrogen-bond acceptors (Lipinski definition) is 0.